The summed E-state index contributed by atoms with van der Waals surface area (Å²) in [6, 6.07) is 3.49. The molecule has 38 heavy (non-hydrogen) atoms. The first-order valence-electron chi connectivity index (χ1n) is 12.8. The summed E-state index contributed by atoms with van der Waals surface area (Å²) in [5.74, 6) is -1.26. The Morgan fingerprint density at radius 2 is 2.00 bits per heavy atom. The second-order valence-corrected chi connectivity index (χ2v) is 10.2. The van der Waals surface area contributed by atoms with Crippen molar-refractivity contribution in [3.8, 4) is 11.5 Å². The van der Waals surface area contributed by atoms with E-state index in [0.717, 1.165) is 0 Å². The van der Waals surface area contributed by atoms with E-state index in [-0.39, 0.29) is 43.8 Å². The lowest BCUT2D eigenvalue weighted by Crippen LogP contribution is -2.80. The molecule has 2 aliphatic carbocycles. The van der Waals surface area contributed by atoms with Gasteiger partial charge in [0.05, 0.1) is 32.7 Å². The van der Waals surface area contributed by atoms with Crippen LogP contribution in [0, 0.1) is 11.8 Å². The van der Waals surface area contributed by atoms with Crippen LogP contribution in [0.15, 0.2) is 35.0 Å². The molecule has 11 nitrogen and oxygen atoms in total. The van der Waals surface area contributed by atoms with Crippen LogP contribution in [-0.2, 0) is 20.7 Å². The highest BCUT2D eigenvalue weighted by Gasteiger charge is 2.71. The number of benzene rings is 1. The van der Waals surface area contributed by atoms with E-state index in [0.29, 0.717) is 16.5 Å². The second kappa shape index (κ2) is 10.1. The van der Waals surface area contributed by atoms with Crippen LogP contribution in [0.2, 0.25) is 0 Å². The normalized spacial score (nSPS) is 36.1. The Balaban J connectivity index is 1.59. The molecule has 1 saturated carbocycles. The van der Waals surface area contributed by atoms with E-state index in [1.165, 1.54) is 13.4 Å². The van der Waals surface area contributed by atoms with E-state index in [1.807, 2.05) is 0 Å². The minimum Gasteiger partial charge on any atom is -0.490 e. The maximum atomic E-state index is 12.1. The minimum atomic E-state index is -2.17. The standard InChI is InChI=1S/C27H34O11/c1-3-35-20(30)7-5-14-10-15-8-9-36-21(15)23(34-2)22(14)38-25-27(33)18-11-17(29)6-4-16(18)12-26(32,24(27)31)19(13-28)37-25/h4,6,8-10,16-19,24-25,28-29,31-33H,3,5,7,11-13H2,1-2H3/t16-,17-,18-,19-,24+,25-,26-,27+/m1/s1. The monoisotopic (exact) mass is 534 g/mol. The number of methoxy groups -OCH3 is 1. The highest BCUT2D eigenvalue weighted by Crippen LogP contribution is 2.55. The molecule has 1 aromatic carbocycles. The number of esters is 1. The van der Waals surface area contributed by atoms with Crippen molar-refractivity contribution in [2.24, 2.45) is 11.8 Å². The van der Waals surface area contributed by atoms with Gasteiger partial charge in [-0.1, -0.05) is 12.2 Å². The molecular weight excluding hydrogens is 500 g/mol. The Labute approximate surface area is 219 Å². The van der Waals surface area contributed by atoms with Crippen molar-refractivity contribution < 1.29 is 53.7 Å². The molecule has 2 heterocycles. The first-order valence-corrected chi connectivity index (χ1v) is 12.8. The molecule has 1 aliphatic heterocycles. The summed E-state index contributed by atoms with van der Waals surface area (Å²) >= 11 is 0. The quantitative estimate of drug-likeness (QED) is 0.240. The highest BCUT2D eigenvalue weighted by atomic mass is 16.7. The van der Waals surface area contributed by atoms with Crippen molar-refractivity contribution in [1.82, 2.24) is 0 Å². The largest absolute Gasteiger partial charge is 0.490 e. The number of ether oxygens (including phenoxy) is 4. The van der Waals surface area contributed by atoms with Gasteiger partial charge in [0.25, 0.3) is 0 Å². The van der Waals surface area contributed by atoms with Gasteiger partial charge in [0, 0.05) is 17.7 Å². The van der Waals surface area contributed by atoms with Crippen molar-refractivity contribution in [2.45, 2.75) is 68.4 Å². The molecule has 2 aromatic rings. The third-order valence-corrected chi connectivity index (χ3v) is 8.11. The molecule has 0 radical (unpaired) electrons. The number of carbonyl (C=O) groups is 1. The molecule has 11 heteroatoms. The van der Waals surface area contributed by atoms with Crippen LogP contribution in [-0.4, -0.2) is 87.6 Å². The van der Waals surface area contributed by atoms with Gasteiger partial charge in [-0.05, 0) is 49.8 Å². The molecule has 0 unspecified atom stereocenters. The zero-order chi connectivity index (χ0) is 27.2. The molecule has 1 aromatic heterocycles. The summed E-state index contributed by atoms with van der Waals surface area (Å²) in [6.45, 7) is 1.31. The van der Waals surface area contributed by atoms with Crippen LogP contribution in [0.4, 0.5) is 0 Å². The summed E-state index contributed by atoms with van der Waals surface area (Å²) < 4.78 is 28.6. The van der Waals surface area contributed by atoms with E-state index in [2.05, 4.69) is 0 Å². The van der Waals surface area contributed by atoms with Gasteiger partial charge in [-0.3, -0.25) is 4.79 Å². The Bertz CT molecular complexity index is 1210. The van der Waals surface area contributed by atoms with E-state index in [9.17, 15) is 30.3 Å². The first kappa shape index (κ1) is 26.9. The molecular formula is C27H34O11. The topological polar surface area (TPSA) is 168 Å². The number of fused-ring (bicyclic) bond motifs is 5. The Hall–Kier alpha value is -2.67. The molecule has 5 N–H and O–H groups in total. The fraction of sp³-hybridized carbons (Fsp3) is 0.593. The molecule has 1 saturated heterocycles. The Morgan fingerprint density at radius 3 is 2.71 bits per heavy atom. The number of rotatable bonds is 8. The van der Waals surface area contributed by atoms with E-state index in [4.69, 9.17) is 23.4 Å². The van der Waals surface area contributed by atoms with Gasteiger partial charge >= 0.3 is 5.97 Å². The lowest BCUT2D eigenvalue weighted by atomic mass is 9.55. The summed E-state index contributed by atoms with van der Waals surface area (Å²) in [7, 11) is 1.42. The number of hydrogen-bond acceptors (Lipinski definition) is 11. The third-order valence-electron chi connectivity index (χ3n) is 8.11. The average molecular weight is 535 g/mol. The highest BCUT2D eigenvalue weighted by molar-refractivity contribution is 5.87. The predicted molar refractivity (Wildman–Crippen MR) is 131 cm³/mol. The fourth-order valence-electron chi connectivity index (χ4n) is 6.26. The fourth-order valence-corrected chi connectivity index (χ4v) is 6.26. The Kier molecular flexibility index (Phi) is 7.18. The van der Waals surface area contributed by atoms with Crippen LogP contribution in [0.1, 0.15) is 31.7 Å². The Morgan fingerprint density at radius 1 is 1.21 bits per heavy atom. The zero-order valence-electron chi connectivity index (χ0n) is 21.3. The average Bonchev–Trinajstić information content (AvgIpc) is 3.36. The molecule has 208 valence electrons. The van der Waals surface area contributed by atoms with E-state index < -0.39 is 60.2 Å². The van der Waals surface area contributed by atoms with Crippen molar-refractivity contribution >= 4 is 16.9 Å². The van der Waals surface area contributed by atoms with Crippen molar-refractivity contribution in [3.05, 3.63) is 36.1 Å². The van der Waals surface area contributed by atoms with Gasteiger partial charge in [0.2, 0.25) is 12.0 Å². The van der Waals surface area contributed by atoms with Crippen molar-refractivity contribution in [3.63, 3.8) is 0 Å². The first-order chi connectivity index (χ1) is 18.2. The number of hydrogen-bond donors (Lipinski definition) is 5. The molecule has 5 rings (SSSR count). The predicted octanol–water partition coefficient (Wildman–Crippen LogP) is 0.813. The summed E-state index contributed by atoms with van der Waals surface area (Å²) in [5, 5.41) is 55.9. The van der Waals surface area contributed by atoms with Gasteiger partial charge in [-0.15, -0.1) is 0 Å². The molecule has 8 atom stereocenters. The molecule has 3 aliphatic rings. The van der Waals surface area contributed by atoms with Crippen LogP contribution >= 0.6 is 0 Å². The molecule has 0 amide bonds. The van der Waals surface area contributed by atoms with Gasteiger partial charge in [0.15, 0.2) is 16.9 Å². The molecule has 2 fully saturated rings. The summed E-state index contributed by atoms with van der Waals surface area (Å²) in [4.78, 5) is 12.1. The van der Waals surface area contributed by atoms with Gasteiger partial charge < -0.3 is 48.9 Å². The zero-order valence-corrected chi connectivity index (χ0v) is 21.3. The number of allylic oxidation sites excluding steroid dienone is 1. The van der Waals surface area contributed by atoms with E-state index >= 15 is 0 Å². The van der Waals surface area contributed by atoms with Gasteiger partial charge in [-0.2, -0.15) is 0 Å². The van der Waals surface area contributed by atoms with Gasteiger partial charge in [-0.25, -0.2) is 0 Å². The van der Waals surface area contributed by atoms with Crippen LogP contribution in [0.25, 0.3) is 11.0 Å². The van der Waals surface area contributed by atoms with Crippen LogP contribution in [0.3, 0.4) is 0 Å². The number of carbonyl (C=O) groups excluding carboxylic acids is 1. The lowest BCUT2D eigenvalue weighted by molar-refractivity contribution is -0.386. The number of aliphatic hydroxyl groups excluding tert-OH is 3. The molecule has 2 bridgehead atoms. The van der Waals surface area contributed by atoms with E-state index in [1.54, 1.807) is 31.2 Å². The number of aryl methyl sites for hydroxylation is 1. The summed E-state index contributed by atoms with van der Waals surface area (Å²) in [6.07, 6.45) is -0.354. The van der Waals surface area contributed by atoms with Crippen molar-refractivity contribution in [2.75, 3.05) is 20.3 Å². The van der Waals surface area contributed by atoms with Crippen LogP contribution < -0.4 is 9.47 Å². The minimum absolute atomic E-state index is 0.0226. The SMILES string of the molecule is CCOC(=O)CCc1cc2ccoc2c(OC)c1O[C@H]1O[C@H](CO)[C@]2(O)C[C@H]3C=C[C@@H](O)C[C@H]3[C@]1(O)[C@H]2O. The second-order valence-electron chi connectivity index (χ2n) is 10.2. The lowest BCUT2D eigenvalue weighted by Gasteiger charge is -2.62. The molecule has 0 spiro atoms. The third kappa shape index (κ3) is 4.18. The smallest absolute Gasteiger partial charge is 0.306 e. The summed E-state index contributed by atoms with van der Waals surface area (Å²) in [5.41, 5.74) is -3.24. The van der Waals surface area contributed by atoms with Crippen LogP contribution in [0.5, 0.6) is 11.5 Å². The maximum Gasteiger partial charge on any atom is 0.306 e. The number of aliphatic hydroxyl groups is 5. The number of furan rings is 1. The van der Waals surface area contributed by atoms with Crippen molar-refractivity contribution in [1.29, 1.82) is 0 Å². The maximum absolute atomic E-state index is 12.1. The van der Waals surface area contributed by atoms with Gasteiger partial charge in [0.1, 0.15) is 17.8 Å².